The molecule has 1 unspecified atom stereocenters. The zero-order valence-electron chi connectivity index (χ0n) is 10.9. The number of hydrogen-bond acceptors (Lipinski definition) is 2. The van der Waals surface area contributed by atoms with E-state index in [0.717, 1.165) is 12.1 Å². The van der Waals surface area contributed by atoms with E-state index in [9.17, 15) is 4.79 Å². The van der Waals surface area contributed by atoms with E-state index < -0.39 is 0 Å². The third-order valence-corrected chi connectivity index (χ3v) is 2.75. The van der Waals surface area contributed by atoms with Crippen molar-refractivity contribution in [3.05, 3.63) is 29.8 Å². The number of anilines is 1. The number of nitrogens with one attached hydrogen (secondary N) is 2. The molecule has 2 N–H and O–H groups in total. The highest BCUT2D eigenvalue weighted by atomic mass is 16.1. The maximum absolute atomic E-state index is 11.5. The fourth-order valence-corrected chi connectivity index (χ4v) is 1.44. The lowest BCUT2D eigenvalue weighted by molar-refractivity contribution is -0.121. The summed E-state index contributed by atoms with van der Waals surface area (Å²) < 4.78 is 0. The summed E-state index contributed by atoms with van der Waals surface area (Å²) in [6, 6.07) is 8.44. The van der Waals surface area contributed by atoms with E-state index in [4.69, 9.17) is 0 Å². The maximum atomic E-state index is 11.5. The topological polar surface area (TPSA) is 41.1 Å². The summed E-state index contributed by atoms with van der Waals surface area (Å²) >= 11 is 0. The van der Waals surface area contributed by atoms with E-state index in [-0.39, 0.29) is 11.9 Å². The standard InChI is InChI=1S/C14H22N2O/c1-4-12(3)16-14(17)9-10-15-13-7-5-11(2)6-8-13/h5-8,12,15H,4,9-10H2,1-3H3,(H,16,17). The summed E-state index contributed by atoms with van der Waals surface area (Å²) in [6.07, 6.45) is 1.48. The summed E-state index contributed by atoms with van der Waals surface area (Å²) in [5.74, 6) is 0.110. The van der Waals surface area contributed by atoms with Crippen molar-refractivity contribution in [1.82, 2.24) is 5.32 Å². The minimum Gasteiger partial charge on any atom is -0.385 e. The van der Waals surface area contributed by atoms with Crippen LogP contribution in [0.25, 0.3) is 0 Å². The average Bonchev–Trinajstić information content (AvgIpc) is 2.31. The second-order valence-corrected chi connectivity index (χ2v) is 4.42. The molecule has 1 rings (SSSR count). The number of hydrogen-bond donors (Lipinski definition) is 2. The average molecular weight is 234 g/mol. The second-order valence-electron chi connectivity index (χ2n) is 4.42. The molecule has 94 valence electrons. The number of carbonyl (C=O) groups excluding carboxylic acids is 1. The van der Waals surface area contributed by atoms with Crippen molar-refractivity contribution in [3.63, 3.8) is 0 Å². The molecule has 17 heavy (non-hydrogen) atoms. The summed E-state index contributed by atoms with van der Waals surface area (Å²) in [5, 5.41) is 6.18. The van der Waals surface area contributed by atoms with E-state index in [1.54, 1.807) is 0 Å². The van der Waals surface area contributed by atoms with Gasteiger partial charge in [-0.2, -0.15) is 0 Å². The van der Waals surface area contributed by atoms with Crippen LogP contribution in [0.2, 0.25) is 0 Å². The Kier molecular flexibility index (Phi) is 5.53. The van der Waals surface area contributed by atoms with Gasteiger partial charge in [-0.05, 0) is 32.4 Å². The van der Waals surface area contributed by atoms with Crippen molar-refractivity contribution >= 4 is 11.6 Å². The Morgan fingerprint density at radius 3 is 2.53 bits per heavy atom. The van der Waals surface area contributed by atoms with Crippen LogP contribution in [0.5, 0.6) is 0 Å². The molecule has 0 aliphatic heterocycles. The monoisotopic (exact) mass is 234 g/mol. The molecule has 0 spiro atoms. The molecule has 0 aliphatic carbocycles. The second kappa shape index (κ2) is 6.94. The van der Waals surface area contributed by atoms with Gasteiger partial charge in [-0.25, -0.2) is 0 Å². The van der Waals surface area contributed by atoms with Gasteiger partial charge < -0.3 is 10.6 Å². The van der Waals surface area contributed by atoms with Gasteiger partial charge in [-0.3, -0.25) is 4.79 Å². The molecule has 1 aromatic rings. The molecule has 0 fully saturated rings. The quantitative estimate of drug-likeness (QED) is 0.794. The zero-order valence-corrected chi connectivity index (χ0v) is 10.9. The van der Waals surface area contributed by atoms with Gasteiger partial charge in [0.1, 0.15) is 0 Å². The van der Waals surface area contributed by atoms with Gasteiger partial charge in [0.15, 0.2) is 0 Å². The summed E-state index contributed by atoms with van der Waals surface area (Å²) in [4.78, 5) is 11.5. The van der Waals surface area contributed by atoms with Gasteiger partial charge in [0.25, 0.3) is 0 Å². The molecule has 3 heteroatoms. The lowest BCUT2D eigenvalue weighted by Crippen LogP contribution is -2.32. The first kappa shape index (κ1) is 13.6. The number of aryl methyl sites for hydroxylation is 1. The minimum absolute atomic E-state index is 0.110. The van der Waals surface area contributed by atoms with Crippen LogP contribution in [-0.4, -0.2) is 18.5 Å². The fourth-order valence-electron chi connectivity index (χ4n) is 1.44. The van der Waals surface area contributed by atoms with E-state index in [0.29, 0.717) is 13.0 Å². The van der Waals surface area contributed by atoms with E-state index in [2.05, 4.69) is 36.6 Å². The largest absolute Gasteiger partial charge is 0.385 e. The lowest BCUT2D eigenvalue weighted by Gasteiger charge is -2.12. The molecule has 0 aromatic heterocycles. The summed E-state index contributed by atoms with van der Waals surface area (Å²) in [5.41, 5.74) is 2.30. The van der Waals surface area contributed by atoms with E-state index in [1.807, 2.05) is 19.1 Å². The highest BCUT2D eigenvalue weighted by Gasteiger charge is 2.04. The zero-order chi connectivity index (χ0) is 12.7. The Balaban J connectivity index is 2.23. The first-order valence-corrected chi connectivity index (χ1v) is 6.21. The Hall–Kier alpha value is -1.51. The van der Waals surface area contributed by atoms with Gasteiger partial charge in [0.2, 0.25) is 5.91 Å². The van der Waals surface area contributed by atoms with Crippen molar-refractivity contribution in [2.24, 2.45) is 0 Å². The highest BCUT2D eigenvalue weighted by molar-refractivity contribution is 5.76. The van der Waals surface area contributed by atoms with Gasteiger partial charge in [-0.1, -0.05) is 24.6 Å². The molecule has 0 saturated heterocycles. The number of carbonyl (C=O) groups is 1. The highest BCUT2D eigenvalue weighted by Crippen LogP contribution is 2.08. The molecule has 1 aromatic carbocycles. The van der Waals surface area contributed by atoms with E-state index in [1.165, 1.54) is 5.56 Å². The maximum Gasteiger partial charge on any atom is 0.221 e. The van der Waals surface area contributed by atoms with Gasteiger partial charge in [0.05, 0.1) is 0 Å². The Labute approximate surface area is 104 Å². The smallest absolute Gasteiger partial charge is 0.221 e. The van der Waals surface area contributed by atoms with Crippen LogP contribution >= 0.6 is 0 Å². The minimum atomic E-state index is 0.110. The molecular formula is C14H22N2O. The molecule has 1 amide bonds. The number of benzene rings is 1. The van der Waals surface area contributed by atoms with Crippen LogP contribution in [0, 0.1) is 6.92 Å². The van der Waals surface area contributed by atoms with Crippen molar-refractivity contribution in [3.8, 4) is 0 Å². The van der Waals surface area contributed by atoms with Gasteiger partial charge >= 0.3 is 0 Å². The van der Waals surface area contributed by atoms with Crippen molar-refractivity contribution < 1.29 is 4.79 Å². The molecule has 0 saturated carbocycles. The van der Waals surface area contributed by atoms with Crippen LogP contribution < -0.4 is 10.6 Å². The van der Waals surface area contributed by atoms with Crippen LogP contribution in [-0.2, 0) is 4.79 Å². The molecule has 0 heterocycles. The molecule has 0 aliphatic rings. The van der Waals surface area contributed by atoms with Gasteiger partial charge in [-0.15, -0.1) is 0 Å². The lowest BCUT2D eigenvalue weighted by atomic mass is 10.2. The van der Waals surface area contributed by atoms with Crippen molar-refractivity contribution in [1.29, 1.82) is 0 Å². The molecule has 0 bridgehead atoms. The normalized spacial score (nSPS) is 11.9. The Morgan fingerprint density at radius 2 is 1.94 bits per heavy atom. The third kappa shape index (κ3) is 5.38. The van der Waals surface area contributed by atoms with Crippen LogP contribution in [0.1, 0.15) is 32.3 Å². The third-order valence-electron chi connectivity index (χ3n) is 2.75. The van der Waals surface area contributed by atoms with Crippen LogP contribution in [0.4, 0.5) is 5.69 Å². The summed E-state index contributed by atoms with van der Waals surface area (Å²) in [6.45, 7) is 6.81. The van der Waals surface area contributed by atoms with Gasteiger partial charge in [0, 0.05) is 24.7 Å². The Morgan fingerprint density at radius 1 is 1.29 bits per heavy atom. The van der Waals surface area contributed by atoms with E-state index >= 15 is 0 Å². The predicted molar refractivity (Wildman–Crippen MR) is 72.2 cm³/mol. The fraction of sp³-hybridized carbons (Fsp3) is 0.500. The van der Waals surface area contributed by atoms with Crippen LogP contribution in [0.15, 0.2) is 24.3 Å². The summed E-state index contributed by atoms with van der Waals surface area (Å²) in [7, 11) is 0. The SMILES string of the molecule is CCC(C)NC(=O)CCNc1ccc(C)cc1. The number of amides is 1. The van der Waals surface area contributed by atoms with Crippen molar-refractivity contribution in [2.45, 2.75) is 39.7 Å². The first-order chi connectivity index (χ1) is 8.11. The molecule has 1 atom stereocenters. The van der Waals surface area contributed by atoms with Crippen LogP contribution in [0.3, 0.4) is 0 Å². The number of rotatable bonds is 6. The van der Waals surface area contributed by atoms with Crippen molar-refractivity contribution in [2.75, 3.05) is 11.9 Å². The molecule has 3 nitrogen and oxygen atoms in total. The molecular weight excluding hydrogens is 212 g/mol. The molecule has 0 radical (unpaired) electrons. The predicted octanol–water partition coefficient (Wildman–Crippen LogP) is 2.71. The first-order valence-electron chi connectivity index (χ1n) is 6.21. The Bertz CT molecular complexity index is 346.